The molecule has 0 saturated carbocycles. The van der Waals surface area contributed by atoms with Gasteiger partial charge < -0.3 is 14.2 Å². The molecule has 2 aromatic rings. The van der Waals surface area contributed by atoms with E-state index in [0.717, 1.165) is 28.8 Å². The number of aromatic nitrogens is 3. The maximum atomic E-state index is 11.5. The summed E-state index contributed by atoms with van der Waals surface area (Å²) in [5.41, 5.74) is 2.11. The normalized spacial score (nSPS) is 10.6. The summed E-state index contributed by atoms with van der Waals surface area (Å²) >= 11 is 1.35. The van der Waals surface area contributed by atoms with E-state index in [1.54, 1.807) is 6.92 Å². The van der Waals surface area contributed by atoms with Gasteiger partial charge in [0.05, 0.1) is 12.4 Å². The molecule has 0 radical (unpaired) electrons. The number of esters is 1. The smallest absolute Gasteiger partial charge is 0.316 e. The molecule has 2 rings (SSSR count). The van der Waals surface area contributed by atoms with Gasteiger partial charge in [0, 0.05) is 31.9 Å². The Morgan fingerprint density at radius 3 is 2.74 bits per heavy atom. The molecule has 0 aliphatic carbocycles. The van der Waals surface area contributed by atoms with Gasteiger partial charge in [-0.05, 0) is 26.0 Å². The van der Waals surface area contributed by atoms with Gasteiger partial charge >= 0.3 is 5.97 Å². The van der Waals surface area contributed by atoms with Gasteiger partial charge in [0.25, 0.3) is 0 Å². The quantitative estimate of drug-likeness (QED) is 0.573. The van der Waals surface area contributed by atoms with E-state index in [-0.39, 0.29) is 11.7 Å². The van der Waals surface area contributed by atoms with Crippen LogP contribution in [-0.4, -0.2) is 47.2 Å². The molecule has 1 heterocycles. The van der Waals surface area contributed by atoms with E-state index in [1.165, 1.54) is 11.8 Å². The highest BCUT2D eigenvalue weighted by molar-refractivity contribution is 7.99. The molecule has 0 saturated heterocycles. The van der Waals surface area contributed by atoms with E-state index in [0.29, 0.717) is 6.61 Å². The minimum absolute atomic E-state index is 0.237. The van der Waals surface area contributed by atoms with Gasteiger partial charge in [0.2, 0.25) is 0 Å². The molecule has 0 unspecified atom stereocenters. The number of carbonyl (C=O) groups excluding carboxylic acids is 1. The summed E-state index contributed by atoms with van der Waals surface area (Å²) in [5.74, 6) is 0.811. The third-order valence-electron chi connectivity index (χ3n) is 3.28. The Bertz CT molecular complexity index is 670. The second-order valence-electron chi connectivity index (χ2n) is 5.09. The first-order chi connectivity index (χ1) is 11.1. The lowest BCUT2D eigenvalue weighted by atomic mass is 10.2. The largest absolute Gasteiger partial charge is 0.465 e. The van der Waals surface area contributed by atoms with Crippen molar-refractivity contribution in [3.05, 3.63) is 24.3 Å². The van der Waals surface area contributed by atoms with Gasteiger partial charge in [-0.1, -0.05) is 23.9 Å². The zero-order chi connectivity index (χ0) is 16.8. The lowest BCUT2D eigenvalue weighted by molar-refractivity contribution is -0.139. The second kappa shape index (κ2) is 8.01. The standard InChI is InChI=1S/C16H22N4O2S/c1-5-20-15(12-8-7-9-13(10-12)19(3)4)17-18-16(20)23-11-14(21)22-6-2/h7-10H,5-6,11H2,1-4H3. The molecule has 0 aliphatic rings. The third-order valence-corrected chi connectivity index (χ3v) is 4.22. The minimum Gasteiger partial charge on any atom is -0.465 e. The Kier molecular flexibility index (Phi) is 6.04. The van der Waals surface area contributed by atoms with E-state index in [1.807, 2.05) is 48.7 Å². The van der Waals surface area contributed by atoms with Crippen molar-refractivity contribution in [1.29, 1.82) is 0 Å². The van der Waals surface area contributed by atoms with Gasteiger partial charge in [0.15, 0.2) is 11.0 Å². The topological polar surface area (TPSA) is 60.2 Å². The van der Waals surface area contributed by atoms with Gasteiger partial charge in [-0.25, -0.2) is 0 Å². The van der Waals surface area contributed by atoms with Crippen LogP contribution in [0.5, 0.6) is 0 Å². The zero-order valence-corrected chi connectivity index (χ0v) is 14.8. The van der Waals surface area contributed by atoms with Crippen LogP contribution in [0.25, 0.3) is 11.4 Å². The molecule has 0 amide bonds. The molecule has 23 heavy (non-hydrogen) atoms. The number of thioether (sulfide) groups is 1. The maximum absolute atomic E-state index is 11.5. The lowest BCUT2D eigenvalue weighted by Crippen LogP contribution is -2.09. The summed E-state index contributed by atoms with van der Waals surface area (Å²) in [5, 5.41) is 9.26. The molecule has 0 spiro atoms. The number of rotatable bonds is 7. The average molecular weight is 334 g/mol. The fourth-order valence-corrected chi connectivity index (χ4v) is 2.94. The number of ether oxygens (including phenoxy) is 1. The van der Waals surface area contributed by atoms with Crippen molar-refractivity contribution >= 4 is 23.4 Å². The predicted molar refractivity (Wildman–Crippen MR) is 92.8 cm³/mol. The highest BCUT2D eigenvalue weighted by atomic mass is 32.2. The SMILES string of the molecule is CCOC(=O)CSc1nnc(-c2cccc(N(C)C)c2)n1CC. The van der Waals surface area contributed by atoms with Gasteiger partial charge in [-0.2, -0.15) is 0 Å². The van der Waals surface area contributed by atoms with Crippen LogP contribution < -0.4 is 4.90 Å². The number of hydrogen-bond donors (Lipinski definition) is 0. The molecular formula is C16H22N4O2S. The maximum Gasteiger partial charge on any atom is 0.316 e. The van der Waals surface area contributed by atoms with Gasteiger partial charge in [-0.15, -0.1) is 10.2 Å². The van der Waals surface area contributed by atoms with Crippen LogP contribution >= 0.6 is 11.8 Å². The van der Waals surface area contributed by atoms with Gasteiger partial charge in [0.1, 0.15) is 0 Å². The lowest BCUT2D eigenvalue weighted by Gasteiger charge is -2.14. The van der Waals surface area contributed by atoms with Crippen LogP contribution in [0.2, 0.25) is 0 Å². The molecule has 0 fully saturated rings. The van der Waals surface area contributed by atoms with Crippen LogP contribution in [0.3, 0.4) is 0 Å². The Morgan fingerprint density at radius 1 is 1.30 bits per heavy atom. The fraction of sp³-hybridized carbons (Fsp3) is 0.438. The summed E-state index contributed by atoms with van der Waals surface area (Å²) in [6, 6.07) is 8.15. The monoisotopic (exact) mass is 334 g/mol. The highest BCUT2D eigenvalue weighted by Crippen LogP contribution is 2.26. The Balaban J connectivity index is 2.24. The van der Waals surface area contributed by atoms with E-state index >= 15 is 0 Å². The zero-order valence-electron chi connectivity index (χ0n) is 13.9. The Morgan fingerprint density at radius 2 is 2.09 bits per heavy atom. The average Bonchev–Trinajstić information content (AvgIpc) is 2.96. The molecule has 7 heteroatoms. The summed E-state index contributed by atoms with van der Waals surface area (Å²) in [4.78, 5) is 13.6. The van der Waals surface area contributed by atoms with Crippen LogP contribution in [-0.2, 0) is 16.1 Å². The minimum atomic E-state index is -0.237. The number of benzene rings is 1. The first kappa shape index (κ1) is 17.3. The second-order valence-corrected chi connectivity index (χ2v) is 6.03. The molecule has 0 aliphatic heterocycles. The molecule has 124 valence electrons. The first-order valence-electron chi connectivity index (χ1n) is 7.56. The van der Waals surface area contributed by atoms with E-state index < -0.39 is 0 Å². The molecule has 6 nitrogen and oxygen atoms in total. The van der Waals surface area contributed by atoms with Gasteiger partial charge in [-0.3, -0.25) is 4.79 Å². The first-order valence-corrected chi connectivity index (χ1v) is 8.54. The van der Waals surface area contributed by atoms with E-state index in [9.17, 15) is 4.79 Å². The van der Waals surface area contributed by atoms with Crippen molar-refractivity contribution in [2.45, 2.75) is 25.5 Å². The number of nitrogens with zero attached hydrogens (tertiary/aromatic N) is 4. The summed E-state index contributed by atoms with van der Waals surface area (Å²) in [7, 11) is 4.01. The van der Waals surface area contributed by atoms with Crippen LogP contribution in [0.4, 0.5) is 5.69 Å². The van der Waals surface area contributed by atoms with Crippen LogP contribution in [0.1, 0.15) is 13.8 Å². The van der Waals surface area contributed by atoms with Crippen molar-refractivity contribution in [1.82, 2.24) is 14.8 Å². The van der Waals surface area contributed by atoms with Crippen LogP contribution in [0.15, 0.2) is 29.4 Å². The molecule has 1 aromatic carbocycles. The molecule has 0 atom stereocenters. The number of anilines is 1. The summed E-state index contributed by atoms with van der Waals surface area (Å²) in [6.07, 6.45) is 0. The van der Waals surface area contributed by atoms with Crippen molar-refractivity contribution in [2.24, 2.45) is 0 Å². The highest BCUT2D eigenvalue weighted by Gasteiger charge is 2.15. The summed E-state index contributed by atoms with van der Waals surface area (Å²) < 4.78 is 6.96. The fourth-order valence-electron chi connectivity index (χ4n) is 2.14. The Hall–Kier alpha value is -2.02. The molecular weight excluding hydrogens is 312 g/mol. The Labute approximate surface area is 140 Å². The van der Waals surface area contributed by atoms with Crippen molar-refractivity contribution in [3.63, 3.8) is 0 Å². The van der Waals surface area contributed by atoms with E-state index in [2.05, 4.69) is 16.3 Å². The summed E-state index contributed by atoms with van der Waals surface area (Å²) in [6.45, 7) is 4.96. The van der Waals surface area contributed by atoms with Crippen molar-refractivity contribution in [2.75, 3.05) is 31.4 Å². The molecule has 1 aromatic heterocycles. The number of carbonyl (C=O) groups is 1. The molecule has 0 bridgehead atoms. The van der Waals surface area contributed by atoms with Crippen LogP contribution in [0, 0.1) is 0 Å². The predicted octanol–water partition coefficient (Wildman–Crippen LogP) is 2.69. The van der Waals surface area contributed by atoms with Crippen molar-refractivity contribution in [3.8, 4) is 11.4 Å². The third kappa shape index (κ3) is 4.25. The number of hydrogen-bond acceptors (Lipinski definition) is 6. The molecule has 0 N–H and O–H groups in total. The van der Waals surface area contributed by atoms with Crippen molar-refractivity contribution < 1.29 is 9.53 Å². The van der Waals surface area contributed by atoms with E-state index in [4.69, 9.17) is 4.74 Å².